The molecule has 1 aliphatic rings. The summed E-state index contributed by atoms with van der Waals surface area (Å²) < 4.78 is 16.5. The minimum Gasteiger partial charge on any atom is -0.497 e. The van der Waals surface area contributed by atoms with Gasteiger partial charge in [0.2, 0.25) is 11.8 Å². The molecule has 1 aromatic heterocycles. The molecule has 0 spiro atoms. The molecular formula is C21H21N3O4. The number of nitrogens with zero attached hydrogens (tertiary/aromatic N) is 3. The van der Waals surface area contributed by atoms with E-state index in [-0.39, 0.29) is 12.7 Å². The second kappa shape index (κ2) is 8.22. The van der Waals surface area contributed by atoms with Gasteiger partial charge in [-0.05, 0) is 48.9 Å². The first-order valence-corrected chi connectivity index (χ1v) is 9.05. The molecule has 2 heterocycles. The van der Waals surface area contributed by atoms with E-state index in [0.717, 1.165) is 22.6 Å². The minimum absolute atomic E-state index is 0.128. The molecule has 3 aromatic rings. The van der Waals surface area contributed by atoms with Crippen LogP contribution in [0, 0.1) is 6.92 Å². The van der Waals surface area contributed by atoms with E-state index in [9.17, 15) is 0 Å². The van der Waals surface area contributed by atoms with E-state index in [0.29, 0.717) is 24.8 Å². The maximum atomic E-state index is 5.68. The number of methoxy groups -OCH3 is 1. The summed E-state index contributed by atoms with van der Waals surface area (Å²) in [4.78, 5) is 5.47. The van der Waals surface area contributed by atoms with Gasteiger partial charge in [-0.15, -0.1) is 10.2 Å². The van der Waals surface area contributed by atoms with Crippen molar-refractivity contribution in [2.45, 2.75) is 26.1 Å². The Morgan fingerprint density at radius 3 is 2.50 bits per heavy atom. The standard InChI is InChI=1S/C21H21N3O4/c1-14-3-5-16(6-4-14)21-23-22-20(27-21)13-26-12-18-11-19(24-28-18)15-7-9-17(25-2)10-8-15/h3-10,18H,11-13H2,1-2H3. The van der Waals surface area contributed by atoms with E-state index in [1.54, 1.807) is 7.11 Å². The molecule has 1 unspecified atom stereocenters. The van der Waals surface area contributed by atoms with Gasteiger partial charge < -0.3 is 18.7 Å². The van der Waals surface area contributed by atoms with E-state index >= 15 is 0 Å². The molecule has 0 bridgehead atoms. The van der Waals surface area contributed by atoms with Gasteiger partial charge in [-0.25, -0.2) is 0 Å². The van der Waals surface area contributed by atoms with Crippen LogP contribution in [0.25, 0.3) is 11.5 Å². The van der Waals surface area contributed by atoms with Gasteiger partial charge in [-0.1, -0.05) is 22.9 Å². The fraction of sp³-hybridized carbons (Fsp3) is 0.286. The molecule has 0 fully saturated rings. The molecule has 0 amide bonds. The fourth-order valence-electron chi connectivity index (χ4n) is 2.87. The van der Waals surface area contributed by atoms with Crippen LogP contribution in [0.5, 0.6) is 5.75 Å². The van der Waals surface area contributed by atoms with Crippen LogP contribution in [0.4, 0.5) is 0 Å². The quantitative estimate of drug-likeness (QED) is 0.622. The number of aryl methyl sites for hydroxylation is 1. The van der Waals surface area contributed by atoms with Crippen molar-refractivity contribution < 1.29 is 18.7 Å². The first kappa shape index (κ1) is 18.2. The molecule has 0 radical (unpaired) electrons. The molecule has 0 aliphatic carbocycles. The van der Waals surface area contributed by atoms with Gasteiger partial charge in [0.1, 0.15) is 12.4 Å². The van der Waals surface area contributed by atoms with Gasteiger partial charge in [-0.3, -0.25) is 0 Å². The summed E-state index contributed by atoms with van der Waals surface area (Å²) in [5.41, 5.74) is 3.99. The van der Waals surface area contributed by atoms with E-state index in [1.165, 1.54) is 5.56 Å². The van der Waals surface area contributed by atoms with Gasteiger partial charge in [0.15, 0.2) is 6.10 Å². The number of ether oxygens (including phenoxy) is 2. The highest BCUT2D eigenvalue weighted by molar-refractivity contribution is 6.01. The summed E-state index contributed by atoms with van der Waals surface area (Å²) in [6, 6.07) is 15.7. The van der Waals surface area contributed by atoms with Gasteiger partial charge in [0, 0.05) is 12.0 Å². The lowest BCUT2D eigenvalue weighted by atomic mass is 10.1. The van der Waals surface area contributed by atoms with Gasteiger partial charge in [0.25, 0.3) is 0 Å². The SMILES string of the molecule is COc1ccc(C2=NOC(COCc3nnc(-c4ccc(C)cc4)o3)C2)cc1. The van der Waals surface area contributed by atoms with Crippen LogP contribution in [0.3, 0.4) is 0 Å². The predicted octanol–water partition coefficient (Wildman–Crippen LogP) is 3.76. The maximum Gasteiger partial charge on any atom is 0.247 e. The van der Waals surface area contributed by atoms with Crippen molar-refractivity contribution in [2.75, 3.05) is 13.7 Å². The van der Waals surface area contributed by atoms with Gasteiger partial charge in [-0.2, -0.15) is 0 Å². The van der Waals surface area contributed by atoms with E-state index < -0.39 is 0 Å². The highest BCUT2D eigenvalue weighted by Crippen LogP contribution is 2.21. The normalized spacial score (nSPS) is 15.9. The fourth-order valence-corrected chi connectivity index (χ4v) is 2.87. The van der Waals surface area contributed by atoms with Crippen LogP contribution in [-0.4, -0.2) is 35.7 Å². The second-order valence-corrected chi connectivity index (χ2v) is 6.58. The Labute approximate surface area is 162 Å². The van der Waals surface area contributed by atoms with Crippen LogP contribution in [0.1, 0.15) is 23.4 Å². The van der Waals surface area contributed by atoms with Crippen LogP contribution < -0.4 is 4.74 Å². The van der Waals surface area contributed by atoms with Crippen molar-refractivity contribution in [1.29, 1.82) is 0 Å². The van der Waals surface area contributed by atoms with Crippen molar-refractivity contribution in [3.8, 4) is 17.2 Å². The first-order valence-electron chi connectivity index (χ1n) is 9.05. The van der Waals surface area contributed by atoms with Crippen LogP contribution in [0.15, 0.2) is 58.1 Å². The van der Waals surface area contributed by atoms with Crippen molar-refractivity contribution in [3.05, 3.63) is 65.5 Å². The van der Waals surface area contributed by atoms with Gasteiger partial charge in [0.05, 0.1) is 19.4 Å². The Kier molecular flexibility index (Phi) is 5.34. The zero-order chi connectivity index (χ0) is 19.3. The van der Waals surface area contributed by atoms with Gasteiger partial charge >= 0.3 is 0 Å². The lowest BCUT2D eigenvalue weighted by molar-refractivity contribution is -0.00814. The Hall–Kier alpha value is -3.19. The topological polar surface area (TPSA) is 79.0 Å². The molecule has 7 heteroatoms. The molecular weight excluding hydrogens is 358 g/mol. The average molecular weight is 379 g/mol. The number of oxime groups is 1. The van der Waals surface area contributed by atoms with Crippen molar-refractivity contribution in [1.82, 2.24) is 10.2 Å². The molecule has 1 atom stereocenters. The molecule has 0 N–H and O–H groups in total. The summed E-state index contributed by atoms with van der Waals surface area (Å²) >= 11 is 0. The molecule has 0 saturated heterocycles. The molecule has 28 heavy (non-hydrogen) atoms. The monoisotopic (exact) mass is 379 g/mol. The number of rotatable bonds is 7. The number of hydrogen-bond donors (Lipinski definition) is 0. The highest BCUT2D eigenvalue weighted by atomic mass is 16.7. The molecule has 0 saturated carbocycles. The van der Waals surface area contributed by atoms with E-state index in [1.807, 2.05) is 55.5 Å². The summed E-state index contributed by atoms with van der Waals surface area (Å²) in [6.07, 6.45) is 0.557. The van der Waals surface area contributed by atoms with E-state index in [2.05, 4.69) is 15.4 Å². The first-order chi connectivity index (χ1) is 13.7. The molecule has 144 valence electrons. The van der Waals surface area contributed by atoms with Crippen LogP contribution in [0.2, 0.25) is 0 Å². The lowest BCUT2D eigenvalue weighted by Gasteiger charge is -2.07. The summed E-state index contributed by atoms with van der Waals surface area (Å²) in [5, 5.41) is 12.3. The maximum absolute atomic E-state index is 5.68. The Balaban J connectivity index is 1.25. The molecule has 7 nitrogen and oxygen atoms in total. The Morgan fingerprint density at radius 1 is 1.00 bits per heavy atom. The summed E-state index contributed by atoms with van der Waals surface area (Å²) in [5.74, 6) is 1.73. The zero-order valence-electron chi connectivity index (χ0n) is 15.8. The lowest BCUT2D eigenvalue weighted by Crippen LogP contribution is -2.16. The Morgan fingerprint density at radius 2 is 1.75 bits per heavy atom. The minimum atomic E-state index is -0.128. The van der Waals surface area contributed by atoms with E-state index in [4.69, 9.17) is 18.7 Å². The molecule has 1 aliphatic heterocycles. The predicted molar refractivity (Wildman–Crippen MR) is 103 cm³/mol. The molecule has 2 aromatic carbocycles. The second-order valence-electron chi connectivity index (χ2n) is 6.58. The van der Waals surface area contributed by atoms with Crippen molar-refractivity contribution >= 4 is 5.71 Å². The Bertz CT molecular complexity index is 949. The zero-order valence-corrected chi connectivity index (χ0v) is 15.8. The third kappa shape index (κ3) is 4.20. The highest BCUT2D eigenvalue weighted by Gasteiger charge is 2.22. The van der Waals surface area contributed by atoms with Crippen LogP contribution >= 0.6 is 0 Å². The third-order valence-corrected chi connectivity index (χ3v) is 4.45. The van der Waals surface area contributed by atoms with Crippen molar-refractivity contribution in [3.63, 3.8) is 0 Å². The number of benzene rings is 2. The van der Waals surface area contributed by atoms with Crippen LogP contribution in [-0.2, 0) is 16.2 Å². The number of aromatic nitrogens is 2. The average Bonchev–Trinajstić information content (AvgIpc) is 3.39. The summed E-state index contributed by atoms with van der Waals surface area (Å²) in [7, 11) is 1.64. The van der Waals surface area contributed by atoms with Crippen molar-refractivity contribution in [2.24, 2.45) is 5.16 Å². The summed E-state index contributed by atoms with van der Waals surface area (Å²) in [6.45, 7) is 2.66. The number of hydrogen-bond acceptors (Lipinski definition) is 7. The molecule has 4 rings (SSSR count). The smallest absolute Gasteiger partial charge is 0.247 e. The third-order valence-electron chi connectivity index (χ3n) is 4.45. The largest absolute Gasteiger partial charge is 0.497 e.